The Hall–Kier alpha value is -3.07. The molecule has 0 saturated carbocycles. The Labute approximate surface area is 167 Å². The van der Waals surface area contributed by atoms with E-state index in [1.165, 1.54) is 4.57 Å². The van der Waals surface area contributed by atoms with E-state index in [0.717, 1.165) is 31.5 Å². The molecule has 2 N–H and O–H groups in total. The molecule has 9 heteroatoms. The molecule has 1 fully saturated rings. The van der Waals surface area contributed by atoms with Crippen LogP contribution in [0, 0.1) is 6.92 Å². The van der Waals surface area contributed by atoms with Gasteiger partial charge in [0.25, 0.3) is 5.56 Å². The zero-order valence-electron chi connectivity index (χ0n) is 16.6. The number of aromatic nitrogens is 4. The first-order valence-electron chi connectivity index (χ1n) is 9.76. The number of aliphatic hydroxyl groups is 1. The van der Waals surface area contributed by atoms with Gasteiger partial charge >= 0.3 is 5.69 Å². The summed E-state index contributed by atoms with van der Waals surface area (Å²) in [6.45, 7) is 3.83. The molecule has 1 aliphatic heterocycles. The van der Waals surface area contributed by atoms with Gasteiger partial charge in [-0.15, -0.1) is 0 Å². The number of nitrogens with zero attached hydrogens (tertiary/aromatic N) is 4. The Balaban J connectivity index is 1.66. The zero-order chi connectivity index (χ0) is 20.5. The fraction of sp³-hybridized carbons (Fsp3) is 0.450. The van der Waals surface area contributed by atoms with E-state index >= 15 is 0 Å². The van der Waals surface area contributed by atoms with E-state index in [-0.39, 0.29) is 18.7 Å². The number of aryl methyl sites for hydroxylation is 2. The molecule has 1 atom stereocenters. The molecule has 0 radical (unpaired) electrons. The highest BCUT2D eigenvalue weighted by Gasteiger charge is 2.25. The van der Waals surface area contributed by atoms with Crippen LogP contribution in [0.25, 0.3) is 11.2 Å². The van der Waals surface area contributed by atoms with Gasteiger partial charge < -0.3 is 19.3 Å². The summed E-state index contributed by atoms with van der Waals surface area (Å²) < 4.78 is 8.73. The Morgan fingerprint density at radius 1 is 1.28 bits per heavy atom. The summed E-state index contributed by atoms with van der Waals surface area (Å²) in [5.74, 6) is 1.28. The number of nitrogens with one attached hydrogen (secondary N) is 1. The van der Waals surface area contributed by atoms with Crippen molar-refractivity contribution in [3.8, 4) is 5.75 Å². The molecule has 9 nitrogen and oxygen atoms in total. The molecule has 3 heterocycles. The van der Waals surface area contributed by atoms with E-state index in [1.54, 1.807) is 11.6 Å². The van der Waals surface area contributed by atoms with Crippen LogP contribution in [0.2, 0.25) is 0 Å². The van der Waals surface area contributed by atoms with Gasteiger partial charge in [-0.3, -0.25) is 14.3 Å². The molecular formula is C20H25N5O4. The smallest absolute Gasteiger partial charge is 0.329 e. The number of H-pyrrole nitrogens is 1. The normalized spacial score (nSPS) is 15.2. The molecule has 3 aromatic rings. The van der Waals surface area contributed by atoms with Crippen molar-refractivity contribution in [1.29, 1.82) is 0 Å². The second kappa shape index (κ2) is 7.75. The molecule has 0 amide bonds. The van der Waals surface area contributed by atoms with Crippen LogP contribution >= 0.6 is 0 Å². The maximum Gasteiger partial charge on any atom is 0.329 e. The Morgan fingerprint density at radius 3 is 2.76 bits per heavy atom. The first-order chi connectivity index (χ1) is 13.9. The van der Waals surface area contributed by atoms with Crippen LogP contribution in [-0.2, 0) is 13.6 Å². The Morgan fingerprint density at radius 2 is 2.03 bits per heavy atom. The summed E-state index contributed by atoms with van der Waals surface area (Å²) in [7, 11) is 1.57. The van der Waals surface area contributed by atoms with Crippen molar-refractivity contribution in [3.05, 3.63) is 50.7 Å². The number of benzene rings is 1. The van der Waals surface area contributed by atoms with Gasteiger partial charge in [0.15, 0.2) is 11.2 Å². The molecule has 0 spiro atoms. The van der Waals surface area contributed by atoms with E-state index in [1.807, 2.05) is 31.2 Å². The van der Waals surface area contributed by atoms with Gasteiger partial charge in [0.05, 0.1) is 6.54 Å². The number of anilines is 1. The SMILES string of the molecule is Cc1cccc(OC[C@H](O)Cn2c(N3CCCC3)nc3c2c(=O)[nH]c(=O)n3C)c1. The maximum atomic E-state index is 12.5. The second-order valence-corrected chi connectivity index (χ2v) is 7.49. The first-order valence-corrected chi connectivity index (χ1v) is 9.76. The van der Waals surface area contributed by atoms with Crippen molar-refractivity contribution in [2.24, 2.45) is 7.05 Å². The molecular weight excluding hydrogens is 374 g/mol. The van der Waals surface area contributed by atoms with E-state index in [0.29, 0.717) is 17.3 Å². The number of imidazole rings is 1. The lowest BCUT2D eigenvalue weighted by Gasteiger charge is -2.20. The third kappa shape index (κ3) is 3.77. The minimum atomic E-state index is -0.856. The number of fused-ring (bicyclic) bond motifs is 1. The standard InChI is InChI=1S/C20H25N5O4/c1-13-6-5-7-15(10-13)29-12-14(26)11-25-16-17(23(2)20(28)22-18(16)27)21-19(25)24-8-3-4-9-24/h5-7,10,14,26H,3-4,8-9,11-12H2,1-2H3,(H,22,27,28)/t14-/m1/s1. The predicted octanol–water partition coefficient (Wildman–Crippen LogP) is 0.772. The summed E-state index contributed by atoms with van der Waals surface area (Å²) in [4.78, 5) is 33.5. The zero-order valence-corrected chi connectivity index (χ0v) is 16.6. The number of hydrogen-bond acceptors (Lipinski definition) is 6. The van der Waals surface area contributed by atoms with Gasteiger partial charge in [0.2, 0.25) is 5.95 Å². The van der Waals surface area contributed by atoms with Gasteiger partial charge in [-0.1, -0.05) is 12.1 Å². The van der Waals surface area contributed by atoms with Gasteiger partial charge in [-0.2, -0.15) is 4.98 Å². The molecule has 0 aliphatic carbocycles. The van der Waals surface area contributed by atoms with E-state index in [2.05, 4.69) is 14.9 Å². The Bertz CT molecular complexity index is 1140. The Kier molecular flexibility index (Phi) is 5.14. The summed E-state index contributed by atoms with van der Waals surface area (Å²) in [5.41, 5.74) is 0.647. The molecule has 1 aromatic carbocycles. The number of aromatic amines is 1. The third-order valence-corrected chi connectivity index (χ3v) is 5.20. The monoisotopic (exact) mass is 399 g/mol. The fourth-order valence-corrected chi connectivity index (χ4v) is 3.72. The number of aliphatic hydroxyl groups excluding tert-OH is 1. The highest BCUT2D eigenvalue weighted by atomic mass is 16.5. The summed E-state index contributed by atoms with van der Waals surface area (Å²) in [6.07, 6.45) is 1.22. The number of rotatable bonds is 6. The molecule has 154 valence electrons. The molecule has 0 unspecified atom stereocenters. The van der Waals surface area contributed by atoms with Crippen molar-refractivity contribution in [2.45, 2.75) is 32.4 Å². The van der Waals surface area contributed by atoms with E-state index in [9.17, 15) is 14.7 Å². The lowest BCUT2D eigenvalue weighted by atomic mass is 10.2. The number of ether oxygens (including phenoxy) is 1. The van der Waals surface area contributed by atoms with E-state index < -0.39 is 17.4 Å². The van der Waals surface area contributed by atoms with Gasteiger partial charge in [0, 0.05) is 20.1 Å². The first kappa shape index (κ1) is 19.3. The highest BCUT2D eigenvalue weighted by molar-refractivity contribution is 5.74. The second-order valence-electron chi connectivity index (χ2n) is 7.49. The fourth-order valence-electron chi connectivity index (χ4n) is 3.72. The summed E-state index contributed by atoms with van der Waals surface area (Å²) in [6, 6.07) is 7.60. The maximum absolute atomic E-state index is 12.5. The average Bonchev–Trinajstić information content (AvgIpc) is 3.33. The van der Waals surface area contributed by atoms with Crippen LogP contribution < -0.4 is 20.9 Å². The van der Waals surface area contributed by atoms with E-state index in [4.69, 9.17) is 4.74 Å². The molecule has 29 heavy (non-hydrogen) atoms. The molecule has 2 aromatic heterocycles. The van der Waals surface area contributed by atoms with Crippen LogP contribution in [0.15, 0.2) is 33.9 Å². The van der Waals surface area contributed by atoms with Crippen LogP contribution in [0.5, 0.6) is 5.75 Å². The lowest BCUT2D eigenvalue weighted by Crippen LogP contribution is -2.31. The van der Waals surface area contributed by atoms with Crippen LogP contribution in [0.4, 0.5) is 5.95 Å². The van der Waals surface area contributed by atoms with Crippen LogP contribution in [-0.4, -0.2) is 50.0 Å². The third-order valence-electron chi connectivity index (χ3n) is 5.20. The lowest BCUT2D eigenvalue weighted by molar-refractivity contribution is 0.0936. The van der Waals surface area contributed by atoms with Crippen LogP contribution in [0.3, 0.4) is 0 Å². The van der Waals surface area contributed by atoms with Gasteiger partial charge in [-0.25, -0.2) is 4.79 Å². The largest absolute Gasteiger partial charge is 0.491 e. The number of hydrogen-bond donors (Lipinski definition) is 2. The highest BCUT2D eigenvalue weighted by Crippen LogP contribution is 2.23. The van der Waals surface area contributed by atoms with Gasteiger partial charge in [-0.05, 0) is 37.5 Å². The van der Waals surface area contributed by atoms with Crippen molar-refractivity contribution < 1.29 is 9.84 Å². The average molecular weight is 399 g/mol. The van der Waals surface area contributed by atoms with Crippen LogP contribution in [0.1, 0.15) is 18.4 Å². The minimum Gasteiger partial charge on any atom is -0.491 e. The quantitative estimate of drug-likeness (QED) is 0.634. The molecule has 1 aliphatic rings. The van der Waals surface area contributed by atoms with Crippen molar-refractivity contribution in [2.75, 3.05) is 24.6 Å². The summed E-state index contributed by atoms with van der Waals surface area (Å²) >= 11 is 0. The van der Waals surface area contributed by atoms with Crippen molar-refractivity contribution >= 4 is 17.1 Å². The van der Waals surface area contributed by atoms with Crippen molar-refractivity contribution in [1.82, 2.24) is 19.1 Å². The van der Waals surface area contributed by atoms with Gasteiger partial charge in [0.1, 0.15) is 18.5 Å². The van der Waals surface area contributed by atoms with Crippen molar-refractivity contribution in [3.63, 3.8) is 0 Å². The summed E-state index contributed by atoms with van der Waals surface area (Å²) in [5, 5.41) is 10.6. The molecule has 0 bridgehead atoms. The molecule has 4 rings (SSSR count). The topological polar surface area (TPSA) is 105 Å². The predicted molar refractivity (Wildman–Crippen MR) is 110 cm³/mol. The molecule has 1 saturated heterocycles. The minimum absolute atomic E-state index is 0.0756.